The summed E-state index contributed by atoms with van der Waals surface area (Å²) in [7, 11) is 0. The highest BCUT2D eigenvalue weighted by Crippen LogP contribution is 2.54. The molecule has 23 rings (SSSR count). The molecule has 0 spiro atoms. The van der Waals surface area contributed by atoms with Crippen LogP contribution < -0.4 is 92.9 Å². The molecule has 0 aliphatic carbocycles. The quantitative estimate of drug-likeness (QED) is 0.0829. The first-order valence-electron chi connectivity index (χ1n) is 39.6. The summed E-state index contributed by atoms with van der Waals surface area (Å²) < 4.78 is 87.6. The zero-order valence-electron chi connectivity index (χ0n) is 63.1. The summed E-state index contributed by atoms with van der Waals surface area (Å²) >= 11 is 0. The minimum Gasteiger partial charge on any atom is -0.458 e. The van der Waals surface area contributed by atoms with Gasteiger partial charge in [0.1, 0.15) is 57.6 Å². The van der Waals surface area contributed by atoms with Crippen LogP contribution in [0.1, 0.15) is 0 Å². The van der Waals surface area contributed by atoms with E-state index in [1.165, 1.54) is 36.4 Å². The number of nitrogens with zero attached hydrogens (tertiary/aromatic N) is 7. The molecule has 118 heavy (non-hydrogen) atoms. The first kappa shape index (κ1) is 68.5. The smallest absolute Gasteiger partial charge is 0.260 e. The average molecular weight is 1530 g/mol. The molecule has 0 saturated heterocycles. The van der Waals surface area contributed by atoms with Crippen LogP contribution in [0.4, 0.5) is 137 Å². The lowest BCUT2D eigenvalue weighted by molar-refractivity contribution is 0.465. The number of hydrogen-bond donors (Lipinski definition) is 0. The highest BCUT2D eigenvalue weighted by Gasteiger charge is 2.51. The SMILES string of the molecule is Fc1cccc(F)c1N1c2cc3c(cc2B2c4ccccc4N(c4ccccc4)c4cc(N(c5ccccc5)c5ccccc5)cc1c42)B1c2cc4c(cc2Oc2cc(N(c5ccccc5)c5ccccc5)cc(c21)O3)N(c1c(F)cccc1F)c1cc(N(c2ccccc2)c2ccccc2)cc2c1B4c1ccccc1N2c1ccccc1. The van der Waals surface area contributed by atoms with Crippen molar-refractivity contribution in [1.29, 1.82) is 0 Å². The number of halogens is 4. The van der Waals surface area contributed by atoms with E-state index in [4.69, 9.17) is 9.47 Å². The van der Waals surface area contributed by atoms with Crippen LogP contribution in [0.25, 0.3) is 0 Å². The number of hydrogen-bond acceptors (Lipinski definition) is 9. The Balaban J connectivity index is 0.819. The number of para-hydroxylation sites is 12. The topological polar surface area (TPSA) is 41.1 Å². The first-order chi connectivity index (χ1) is 58.2. The molecular formula is C102H64B3F4N7O2. The lowest BCUT2D eigenvalue weighted by atomic mass is 9.29. The van der Waals surface area contributed by atoms with Crippen LogP contribution in [0.5, 0.6) is 23.0 Å². The van der Waals surface area contributed by atoms with Gasteiger partial charge in [0.25, 0.3) is 20.1 Å². The third kappa shape index (κ3) is 10.7. The van der Waals surface area contributed by atoms with Crippen LogP contribution >= 0.6 is 0 Å². The maximum Gasteiger partial charge on any atom is 0.260 e. The van der Waals surface area contributed by atoms with E-state index < -0.39 is 43.4 Å². The molecule has 0 fully saturated rings. The number of ether oxygens (including phenoxy) is 2. The van der Waals surface area contributed by atoms with E-state index >= 15 is 17.6 Å². The molecule has 6 aliphatic heterocycles. The van der Waals surface area contributed by atoms with Gasteiger partial charge >= 0.3 is 0 Å². The predicted octanol–water partition coefficient (Wildman–Crippen LogP) is 21.5. The fourth-order valence-corrected chi connectivity index (χ4v) is 19.1. The molecule has 556 valence electrons. The Morgan fingerprint density at radius 1 is 0.195 bits per heavy atom. The van der Waals surface area contributed by atoms with Gasteiger partial charge in [-0.3, -0.25) is 0 Å². The van der Waals surface area contributed by atoms with Crippen molar-refractivity contribution in [3.05, 3.63) is 412 Å². The standard InChI is InChI=1S/C102H64B3F4N7O2/c106-82-49-29-50-83(107)101(82)115-88-63-94-80(61-78(88)103-76-47-25-27-53-86(76)113(71-43-21-7-22-44-71)90-55-73(57-92(115)98(90)103)110(65-31-9-1-10-32-65)66-33-11-2-12-34-66)105-81-62-79-89(64-95(81)118-97-60-75(59-96(117-94)100(97)105)112(69-39-17-5-18-40-69)70-41-19-6-20-42-70)116(102-84(108)51-30-52-85(102)109)93-58-74(111(67-35-13-3-14-36-67)68-37-15-4-16-38-68)56-91-99(93)104(79)77-48-26-28-54-87(77)114(91)72-45-23-8-24-46-72/h1-64H. The van der Waals surface area contributed by atoms with Crippen molar-refractivity contribution < 1.29 is 27.0 Å². The Bertz CT molecular complexity index is 6370. The van der Waals surface area contributed by atoms with E-state index in [-0.39, 0.29) is 11.4 Å². The fourth-order valence-electron chi connectivity index (χ4n) is 19.1. The van der Waals surface area contributed by atoms with Crippen LogP contribution in [-0.2, 0) is 0 Å². The second-order valence-electron chi connectivity index (χ2n) is 30.3. The predicted molar refractivity (Wildman–Crippen MR) is 476 cm³/mol. The summed E-state index contributed by atoms with van der Waals surface area (Å²) in [5, 5.41) is 0. The second kappa shape index (κ2) is 27.3. The van der Waals surface area contributed by atoms with Gasteiger partial charge in [0.2, 0.25) is 0 Å². The van der Waals surface area contributed by atoms with Gasteiger partial charge < -0.3 is 43.8 Å². The molecule has 17 aromatic carbocycles. The van der Waals surface area contributed by atoms with Gasteiger partial charge in [-0.2, -0.15) is 0 Å². The van der Waals surface area contributed by atoms with Gasteiger partial charge in [0.15, 0.2) is 0 Å². The van der Waals surface area contributed by atoms with E-state index in [1.54, 1.807) is 9.80 Å². The van der Waals surface area contributed by atoms with Gasteiger partial charge in [-0.1, -0.05) is 206 Å². The van der Waals surface area contributed by atoms with Crippen LogP contribution in [0.2, 0.25) is 0 Å². The van der Waals surface area contributed by atoms with E-state index in [0.29, 0.717) is 51.4 Å². The monoisotopic (exact) mass is 1530 g/mol. The number of rotatable bonds is 13. The van der Waals surface area contributed by atoms with E-state index in [0.717, 1.165) is 129 Å². The van der Waals surface area contributed by atoms with Crippen LogP contribution in [0.3, 0.4) is 0 Å². The Kier molecular flexibility index (Phi) is 15.8. The largest absolute Gasteiger partial charge is 0.458 e. The Hall–Kier alpha value is -15.1. The van der Waals surface area contributed by atoms with Crippen LogP contribution in [0, 0.1) is 23.3 Å². The lowest BCUT2D eigenvalue weighted by Gasteiger charge is -2.46. The molecular weight excluding hydrogens is 1460 g/mol. The molecule has 9 nitrogen and oxygen atoms in total. The van der Waals surface area contributed by atoms with Crippen LogP contribution in [0.15, 0.2) is 388 Å². The summed E-state index contributed by atoms with van der Waals surface area (Å²) in [6.07, 6.45) is 0. The third-order valence-corrected chi connectivity index (χ3v) is 23.8. The molecule has 0 atom stereocenters. The normalized spacial score (nSPS) is 13.1. The average Bonchev–Trinajstić information content (AvgIpc) is 0.686. The summed E-state index contributed by atoms with van der Waals surface area (Å²) in [6.45, 7) is -1.85. The van der Waals surface area contributed by atoms with Gasteiger partial charge in [-0.15, -0.1) is 0 Å². The van der Waals surface area contributed by atoms with Crippen molar-refractivity contribution in [2.75, 3.05) is 34.3 Å². The van der Waals surface area contributed by atoms with Gasteiger partial charge in [0.05, 0.1) is 17.1 Å². The lowest BCUT2D eigenvalue weighted by Crippen LogP contribution is -2.65. The summed E-state index contributed by atoms with van der Waals surface area (Å²) in [4.78, 5) is 14.7. The minimum absolute atomic E-state index is 0.267. The van der Waals surface area contributed by atoms with Gasteiger partial charge in [-0.25, -0.2) is 17.6 Å². The van der Waals surface area contributed by atoms with Crippen molar-refractivity contribution in [1.82, 2.24) is 0 Å². The summed E-state index contributed by atoms with van der Waals surface area (Å²) in [6, 6.07) is 128. The Morgan fingerprint density at radius 3 is 0.788 bits per heavy atom. The van der Waals surface area contributed by atoms with E-state index in [2.05, 4.69) is 219 Å². The second-order valence-corrected chi connectivity index (χ2v) is 30.3. The van der Waals surface area contributed by atoms with Crippen LogP contribution in [-0.4, -0.2) is 20.1 Å². The summed E-state index contributed by atoms with van der Waals surface area (Å²) in [5.41, 5.74) is 21.5. The maximum atomic E-state index is 18.1. The van der Waals surface area contributed by atoms with Crippen molar-refractivity contribution >= 4 is 189 Å². The molecule has 0 radical (unpaired) electrons. The molecule has 0 aromatic heterocycles. The molecule has 0 saturated carbocycles. The third-order valence-electron chi connectivity index (χ3n) is 23.8. The van der Waals surface area contributed by atoms with E-state index in [9.17, 15) is 0 Å². The van der Waals surface area contributed by atoms with Crippen molar-refractivity contribution in [3.8, 4) is 23.0 Å². The molecule has 0 bridgehead atoms. The Labute approximate surface area is 680 Å². The summed E-state index contributed by atoms with van der Waals surface area (Å²) in [5.74, 6) is -1.24. The molecule has 6 heterocycles. The van der Waals surface area contributed by atoms with Gasteiger partial charge in [-0.05, 0) is 201 Å². The number of anilines is 21. The highest BCUT2D eigenvalue weighted by molar-refractivity contribution is 7.04. The molecule has 0 amide bonds. The number of benzene rings is 17. The number of fused-ring (bicyclic) bond motifs is 12. The van der Waals surface area contributed by atoms with Crippen molar-refractivity contribution in [2.45, 2.75) is 0 Å². The zero-order valence-corrected chi connectivity index (χ0v) is 63.1. The molecule has 16 heteroatoms. The fraction of sp³-hybridized carbons (Fsp3) is 0. The highest BCUT2D eigenvalue weighted by atomic mass is 19.1. The van der Waals surface area contributed by atoms with Crippen molar-refractivity contribution in [2.24, 2.45) is 0 Å². The Morgan fingerprint density at radius 2 is 0.466 bits per heavy atom. The van der Waals surface area contributed by atoms with E-state index in [1.807, 2.05) is 158 Å². The first-order valence-corrected chi connectivity index (χ1v) is 39.6. The van der Waals surface area contributed by atoms with Gasteiger partial charge in [0, 0.05) is 121 Å². The minimum atomic E-state index is -0.767. The van der Waals surface area contributed by atoms with Crippen molar-refractivity contribution in [3.63, 3.8) is 0 Å². The molecule has 6 aliphatic rings. The molecule has 0 N–H and O–H groups in total. The molecule has 0 unspecified atom stereocenters. The maximum absolute atomic E-state index is 18.1. The molecule has 17 aromatic rings. The zero-order chi connectivity index (χ0) is 78.4.